The zero-order valence-corrected chi connectivity index (χ0v) is 15.1. The van der Waals surface area contributed by atoms with Crippen LogP contribution in [0, 0.1) is 5.92 Å². The van der Waals surface area contributed by atoms with Crippen LogP contribution in [0.5, 0.6) is 5.88 Å². The molecule has 1 aromatic heterocycles. The minimum Gasteiger partial charge on any atom is -0.478 e. The SMILES string of the molecule is CCCCOc1ccc(NC(=O)[C@]2(OCC)CCC[C@@H](C)C2)cn1. The molecule has 1 fully saturated rings. The van der Waals surface area contributed by atoms with Crippen LogP contribution < -0.4 is 10.1 Å². The maximum atomic E-state index is 12.8. The van der Waals surface area contributed by atoms with E-state index in [4.69, 9.17) is 9.47 Å². The third-order valence-corrected chi connectivity index (χ3v) is 4.53. The third-order valence-electron chi connectivity index (χ3n) is 4.53. The zero-order chi connectivity index (χ0) is 17.4. The molecule has 1 aliphatic carbocycles. The molecule has 1 N–H and O–H groups in total. The second-order valence-electron chi connectivity index (χ2n) is 6.67. The highest BCUT2D eigenvalue weighted by molar-refractivity contribution is 5.97. The molecule has 0 saturated heterocycles. The van der Waals surface area contributed by atoms with Crippen LogP contribution in [0.25, 0.3) is 0 Å². The summed E-state index contributed by atoms with van der Waals surface area (Å²) in [5.41, 5.74) is -0.0250. The van der Waals surface area contributed by atoms with Crippen LogP contribution in [-0.2, 0) is 9.53 Å². The lowest BCUT2D eigenvalue weighted by Crippen LogP contribution is -2.48. The lowest BCUT2D eigenvalue weighted by atomic mass is 9.78. The first-order chi connectivity index (χ1) is 11.6. The van der Waals surface area contributed by atoms with Gasteiger partial charge in [-0.3, -0.25) is 4.79 Å². The van der Waals surface area contributed by atoms with Crippen molar-refractivity contribution in [3.63, 3.8) is 0 Å². The summed E-state index contributed by atoms with van der Waals surface area (Å²) < 4.78 is 11.5. The highest BCUT2D eigenvalue weighted by Gasteiger charge is 2.42. The monoisotopic (exact) mass is 334 g/mol. The molecule has 0 radical (unpaired) electrons. The number of hydrogen-bond acceptors (Lipinski definition) is 4. The maximum absolute atomic E-state index is 12.8. The molecular weight excluding hydrogens is 304 g/mol. The summed E-state index contributed by atoms with van der Waals surface area (Å²) in [7, 11) is 0. The van der Waals surface area contributed by atoms with Crippen LogP contribution in [0.3, 0.4) is 0 Å². The molecule has 0 spiro atoms. The number of ether oxygens (including phenoxy) is 2. The van der Waals surface area contributed by atoms with E-state index in [1.807, 2.05) is 13.0 Å². The van der Waals surface area contributed by atoms with E-state index in [1.165, 1.54) is 0 Å². The van der Waals surface area contributed by atoms with E-state index in [0.29, 0.717) is 30.7 Å². The molecule has 1 aromatic rings. The van der Waals surface area contributed by atoms with Crippen LogP contribution in [0.15, 0.2) is 18.3 Å². The molecular formula is C19H30N2O3. The largest absolute Gasteiger partial charge is 0.478 e. The molecule has 0 unspecified atom stereocenters. The molecule has 24 heavy (non-hydrogen) atoms. The first-order valence-corrected chi connectivity index (χ1v) is 9.14. The van der Waals surface area contributed by atoms with E-state index in [9.17, 15) is 4.79 Å². The normalized spacial score (nSPS) is 23.7. The van der Waals surface area contributed by atoms with Crippen molar-refractivity contribution in [1.29, 1.82) is 0 Å². The van der Waals surface area contributed by atoms with Crippen LogP contribution >= 0.6 is 0 Å². The number of carbonyl (C=O) groups excluding carboxylic acids is 1. The van der Waals surface area contributed by atoms with Crippen molar-refractivity contribution in [3.8, 4) is 5.88 Å². The molecule has 0 aliphatic heterocycles. The van der Waals surface area contributed by atoms with Gasteiger partial charge in [0.25, 0.3) is 5.91 Å². The Bertz CT molecular complexity index is 514. The number of unbranched alkanes of at least 4 members (excludes halogenated alkanes) is 1. The molecule has 0 aromatic carbocycles. The summed E-state index contributed by atoms with van der Waals surface area (Å²) in [5.74, 6) is 1.04. The number of nitrogens with zero attached hydrogens (tertiary/aromatic N) is 1. The van der Waals surface area contributed by atoms with Crippen molar-refractivity contribution >= 4 is 11.6 Å². The van der Waals surface area contributed by atoms with Crippen molar-refractivity contribution in [3.05, 3.63) is 18.3 Å². The fourth-order valence-corrected chi connectivity index (χ4v) is 3.29. The lowest BCUT2D eigenvalue weighted by Gasteiger charge is -2.38. The van der Waals surface area contributed by atoms with Gasteiger partial charge in [-0.15, -0.1) is 0 Å². The van der Waals surface area contributed by atoms with Gasteiger partial charge in [-0.1, -0.05) is 26.7 Å². The molecule has 1 aliphatic rings. The number of pyridine rings is 1. The van der Waals surface area contributed by atoms with E-state index >= 15 is 0 Å². The summed E-state index contributed by atoms with van der Waals surface area (Å²) in [6.07, 6.45) is 7.48. The van der Waals surface area contributed by atoms with Gasteiger partial charge in [0, 0.05) is 12.7 Å². The van der Waals surface area contributed by atoms with E-state index in [-0.39, 0.29) is 5.91 Å². The van der Waals surface area contributed by atoms with Crippen molar-refractivity contribution in [2.24, 2.45) is 5.92 Å². The van der Waals surface area contributed by atoms with Crippen molar-refractivity contribution in [1.82, 2.24) is 4.98 Å². The number of hydrogen-bond donors (Lipinski definition) is 1. The molecule has 2 atom stereocenters. The van der Waals surface area contributed by atoms with Gasteiger partial charge in [0.05, 0.1) is 18.5 Å². The quantitative estimate of drug-likeness (QED) is 0.724. The fraction of sp³-hybridized carbons (Fsp3) is 0.684. The van der Waals surface area contributed by atoms with Gasteiger partial charge >= 0.3 is 0 Å². The molecule has 1 saturated carbocycles. The van der Waals surface area contributed by atoms with Crippen molar-refractivity contribution < 1.29 is 14.3 Å². The van der Waals surface area contributed by atoms with Gasteiger partial charge in [0.15, 0.2) is 0 Å². The minimum atomic E-state index is -0.706. The molecule has 1 amide bonds. The number of rotatable bonds is 8. The summed E-state index contributed by atoms with van der Waals surface area (Å²) in [4.78, 5) is 17.1. The maximum Gasteiger partial charge on any atom is 0.256 e. The lowest BCUT2D eigenvalue weighted by molar-refractivity contribution is -0.147. The van der Waals surface area contributed by atoms with Crippen LogP contribution in [0.1, 0.15) is 59.3 Å². The molecule has 134 valence electrons. The number of aromatic nitrogens is 1. The third kappa shape index (κ3) is 4.94. The Kier molecular flexibility index (Phi) is 7.03. The minimum absolute atomic E-state index is 0.0580. The summed E-state index contributed by atoms with van der Waals surface area (Å²) >= 11 is 0. The van der Waals surface area contributed by atoms with Gasteiger partial charge < -0.3 is 14.8 Å². The Morgan fingerprint density at radius 2 is 2.25 bits per heavy atom. The number of nitrogens with one attached hydrogen (secondary N) is 1. The Hall–Kier alpha value is -1.62. The van der Waals surface area contributed by atoms with Crippen molar-refractivity contribution in [2.45, 2.75) is 64.9 Å². The zero-order valence-electron chi connectivity index (χ0n) is 15.1. The van der Waals surface area contributed by atoms with Gasteiger partial charge in [-0.2, -0.15) is 0 Å². The Morgan fingerprint density at radius 1 is 1.42 bits per heavy atom. The Balaban J connectivity index is 1.98. The number of amides is 1. The van der Waals surface area contributed by atoms with Gasteiger partial charge in [-0.05, 0) is 44.6 Å². The number of carbonyl (C=O) groups is 1. The highest BCUT2D eigenvalue weighted by atomic mass is 16.5. The van der Waals surface area contributed by atoms with E-state index in [2.05, 4.69) is 24.1 Å². The predicted octanol–water partition coefficient (Wildman–Crippen LogP) is 4.18. The summed E-state index contributed by atoms with van der Waals surface area (Å²) in [5, 5.41) is 2.97. The standard InChI is InChI=1S/C19H30N2O3/c1-4-6-12-23-17-10-9-16(14-20-17)21-18(22)19(24-5-2)11-7-8-15(3)13-19/h9-10,14-15H,4-8,11-13H2,1-3H3,(H,21,22)/t15-,19+/m1/s1. The average molecular weight is 334 g/mol. The molecule has 1 heterocycles. The smallest absolute Gasteiger partial charge is 0.256 e. The second kappa shape index (κ2) is 9.02. The second-order valence-corrected chi connectivity index (χ2v) is 6.67. The van der Waals surface area contributed by atoms with Gasteiger partial charge in [-0.25, -0.2) is 4.98 Å². The Morgan fingerprint density at radius 3 is 2.88 bits per heavy atom. The predicted molar refractivity (Wildman–Crippen MR) is 95.3 cm³/mol. The van der Waals surface area contributed by atoms with Crippen molar-refractivity contribution in [2.75, 3.05) is 18.5 Å². The Labute approximate surface area is 145 Å². The number of anilines is 1. The molecule has 5 heteroatoms. The van der Waals surface area contributed by atoms with Crippen LogP contribution in [-0.4, -0.2) is 29.7 Å². The first-order valence-electron chi connectivity index (χ1n) is 9.14. The highest BCUT2D eigenvalue weighted by Crippen LogP contribution is 2.36. The van der Waals surface area contributed by atoms with E-state index in [1.54, 1.807) is 12.3 Å². The van der Waals surface area contributed by atoms with Crippen LogP contribution in [0.4, 0.5) is 5.69 Å². The summed E-state index contributed by atoms with van der Waals surface area (Å²) in [6, 6.07) is 3.63. The topological polar surface area (TPSA) is 60.5 Å². The van der Waals surface area contributed by atoms with Gasteiger partial charge in [0.2, 0.25) is 5.88 Å². The molecule has 2 rings (SSSR count). The van der Waals surface area contributed by atoms with Crippen LogP contribution in [0.2, 0.25) is 0 Å². The molecule has 5 nitrogen and oxygen atoms in total. The molecule has 0 bridgehead atoms. The van der Waals surface area contributed by atoms with E-state index in [0.717, 1.165) is 38.5 Å². The first kappa shape index (κ1) is 18.7. The van der Waals surface area contributed by atoms with Gasteiger partial charge in [0.1, 0.15) is 5.60 Å². The average Bonchev–Trinajstić information content (AvgIpc) is 2.57. The van der Waals surface area contributed by atoms with E-state index < -0.39 is 5.60 Å². The summed E-state index contributed by atoms with van der Waals surface area (Å²) in [6.45, 7) is 7.46. The fourth-order valence-electron chi connectivity index (χ4n) is 3.29.